The maximum atomic E-state index is 12.1. The molecular formula is C15H13BrN2OS. The first-order valence-corrected chi connectivity index (χ1v) is 7.15. The second-order valence-corrected chi connectivity index (χ2v) is 5.67. The molecule has 1 amide bonds. The van der Waals surface area contributed by atoms with E-state index in [4.69, 9.17) is 18.0 Å². The van der Waals surface area contributed by atoms with Crippen molar-refractivity contribution in [3.05, 3.63) is 63.6 Å². The van der Waals surface area contributed by atoms with Gasteiger partial charge in [-0.25, -0.2) is 0 Å². The van der Waals surface area contributed by atoms with Gasteiger partial charge in [-0.05, 0) is 52.7 Å². The topological polar surface area (TPSA) is 55.1 Å². The van der Waals surface area contributed by atoms with Crippen molar-refractivity contribution in [2.75, 3.05) is 5.32 Å². The minimum atomic E-state index is -0.177. The van der Waals surface area contributed by atoms with Crippen molar-refractivity contribution in [3.63, 3.8) is 0 Å². The van der Waals surface area contributed by atoms with Crippen LogP contribution >= 0.6 is 28.1 Å². The Morgan fingerprint density at radius 1 is 1.15 bits per heavy atom. The Labute approximate surface area is 131 Å². The van der Waals surface area contributed by atoms with E-state index in [1.807, 2.05) is 25.1 Å². The van der Waals surface area contributed by atoms with Crippen molar-refractivity contribution in [1.82, 2.24) is 0 Å². The Hall–Kier alpha value is -1.72. The molecule has 20 heavy (non-hydrogen) atoms. The molecule has 3 N–H and O–H groups in total. The number of halogens is 1. The summed E-state index contributed by atoms with van der Waals surface area (Å²) >= 11 is 8.31. The highest BCUT2D eigenvalue weighted by atomic mass is 79.9. The lowest BCUT2D eigenvalue weighted by atomic mass is 10.1. The molecule has 0 aromatic heterocycles. The van der Waals surface area contributed by atoms with Gasteiger partial charge < -0.3 is 11.1 Å². The van der Waals surface area contributed by atoms with Gasteiger partial charge in [0, 0.05) is 15.6 Å². The summed E-state index contributed by atoms with van der Waals surface area (Å²) in [5.41, 5.74) is 8.68. The summed E-state index contributed by atoms with van der Waals surface area (Å²) in [7, 11) is 0. The first-order chi connectivity index (χ1) is 9.47. The summed E-state index contributed by atoms with van der Waals surface area (Å²) in [4.78, 5) is 12.5. The number of aryl methyl sites for hydroxylation is 1. The molecule has 0 radical (unpaired) electrons. The van der Waals surface area contributed by atoms with Gasteiger partial charge >= 0.3 is 0 Å². The van der Waals surface area contributed by atoms with E-state index in [1.54, 1.807) is 24.3 Å². The van der Waals surface area contributed by atoms with Crippen molar-refractivity contribution < 1.29 is 4.79 Å². The monoisotopic (exact) mass is 348 g/mol. The number of hydrogen-bond donors (Lipinski definition) is 2. The molecule has 0 saturated heterocycles. The van der Waals surface area contributed by atoms with Crippen LogP contribution in [-0.4, -0.2) is 10.9 Å². The van der Waals surface area contributed by atoms with Crippen LogP contribution in [0, 0.1) is 6.92 Å². The van der Waals surface area contributed by atoms with E-state index in [0.717, 1.165) is 21.3 Å². The van der Waals surface area contributed by atoms with Gasteiger partial charge in [0.15, 0.2) is 0 Å². The molecule has 0 aliphatic heterocycles. The Morgan fingerprint density at radius 2 is 1.75 bits per heavy atom. The van der Waals surface area contributed by atoms with Crippen LogP contribution in [0.1, 0.15) is 21.5 Å². The van der Waals surface area contributed by atoms with Crippen molar-refractivity contribution in [1.29, 1.82) is 0 Å². The molecule has 2 aromatic rings. The number of nitrogens with one attached hydrogen (secondary N) is 1. The standard InChI is InChI=1S/C15H13BrN2OS/c1-9-2-7-13(12(16)8-9)18-15(19)11-5-3-10(4-6-11)14(17)20/h2-8H,1H3,(H2,17,20)(H,18,19). The molecule has 0 heterocycles. The molecule has 0 unspecified atom stereocenters. The lowest BCUT2D eigenvalue weighted by molar-refractivity contribution is 0.102. The summed E-state index contributed by atoms with van der Waals surface area (Å²) in [5.74, 6) is -0.177. The van der Waals surface area contributed by atoms with E-state index in [0.29, 0.717) is 10.6 Å². The third-order valence-electron chi connectivity index (χ3n) is 2.80. The highest BCUT2D eigenvalue weighted by molar-refractivity contribution is 9.10. The van der Waals surface area contributed by atoms with Crippen LogP contribution in [0.4, 0.5) is 5.69 Å². The van der Waals surface area contributed by atoms with E-state index >= 15 is 0 Å². The van der Waals surface area contributed by atoms with Gasteiger partial charge in [0.1, 0.15) is 4.99 Å². The number of rotatable bonds is 3. The highest BCUT2D eigenvalue weighted by Crippen LogP contribution is 2.23. The van der Waals surface area contributed by atoms with Crippen molar-refractivity contribution in [2.24, 2.45) is 5.73 Å². The Morgan fingerprint density at radius 3 is 2.30 bits per heavy atom. The van der Waals surface area contributed by atoms with Gasteiger partial charge in [0.25, 0.3) is 5.91 Å². The molecule has 0 saturated carbocycles. The minimum absolute atomic E-state index is 0.177. The zero-order valence-corrected chi connectivity index (χ0v) is 13.2. The zero-order chi connectivity index (χ0) is 14.7. The smallest absolute Gasteiger partial charge is 0.255 e. The predicted molar refractivity (Wildman–Crippen MR) is 89.2 cm³/mol. The Kier molecular flexibility index (Phi) is 4.52. The van der Waals surface area contributed by atoms with Gasteiger partial charge in [-0.2, -0.15) is 0 Å². The van der Waals surface area contributed by atoms with Crippen LogP contribution in [0.2, 0.25) is 0 Å². The normalized spacial score (nSPS) is 10.1. The van der Waals surface area contributed by atoms with Gasteiger partial charge in [0.2, 0.25) is 0 Å². The SMILES string of the molecule is Cc1ccc(NC(=O)c2ccc(C(N)=S)cc2)c(Br)c1. The fraction of sp³-hybridized carbons (Fsp3) is 0.0667. The van der Waals surface area contributed by atoms with Crippen LogP contribution in [0.25, 0.3) is 0 Å². The van der Waals surface area contributed by atoms with Crippen LogP contribution in [-0.2, 0) is 0 Å². The van der Waals surface area contributed by atoms with E-state index in [1.165, 1.54) is 0 Å². The zero-order valence-electron chi connectivity index (χ0n) is 10.8. The highest BCUT2D eigenvalue weighted by Gasteiger charge is 2.08. The number of anilines is 1. The third kappa shape index (κ3) is 3.43. The number of amides is 1. The van der Waals surface area contributed by atoms with E-state index in [2.05, 4.69) is 21.2 Å². The molecular weight excluding hydrogens is 336 g/mol. The van der Waals surface area contributed by atoms with Crippen LogP contribution < -0.4 is 11.1 Å². The van der Waals surface area contributed by atoms with Crippen LogP contribution in [0.15, 0.2) is 46.9 Å². The second kappa shape index (κ2) is 6.15. The second-order valence-electron chi connectivity index (χ2n) is 4.38. The van der Waals surface area contributed by atoms with E-state index < -0.39 is 0 Å². The molecule has 0 aliphatic carbocycles. The summed E-state index contributed by atoms with van der Waals surface area (Å²) in [5, 5.41) is 2.85. The Balaban J connectivity index is 2.17. The van der Waals surface area contributed by atoms with Gasteiger partial charge in [-0.1, -0.05) is 30.4 Å². The van der Waals surface area contributed by atoms with Crippen molar-refractivity contribution in [2.45, 2.75) is 6.92 Å². The molecule has 5 heteroatoms. The molecule has 3 nitrogen and oxygen atoms in total. The minimum Gasteiger partial charge on any atom is -0.389 e. The molecule has 2 aromatic carbocycles. The summed E-state index contributed by atoms with van der Waals surface area (Å²) in [6, 6.07) is 12.6. The number of carbonyl (C=O) groups excluding carboxylic acids is 1. The molecule has 2 rings (SSSR count). The average molecular weight is 349 g/mol. The predicted octanol–water partition coefficient (Wildman–Crippen LogP) is 3.64. The maximum Gasteiger partial charge on any atom is 0.255 e. The largest absolute Gasteiger partial charge is 0.389 e. The fourth-order valence-corrected chi connectivity index (χ4v) is 2.43. The first kappa shape index (κ1) is 14.7. The molecule has 0 spiro atoms. The number of benzene rings is 2. The van der Waals surface area contributed by atoms with E-state index in [-0.39, 0.29) is 5.91 Å². The lowest BCUT2D eigenvalue weighted by Gasteiger charge is -2.08. The number of carbonyl (C=O) groups is 1. The maximum absolute atomic E-state index is 12.1. The number of nitrogens with two attached hydrogens (primary N) is 1. The van der Waals surface area contributed by atoms with Crippen molar-refractivity contribution >= 4 is 44.7 Å². The number of hydrogen-bond acceptors (Lipinski definition) is 2. The summed E-state index contributed by atoms with van der Waals surface area (Å²) in [6.07, 6.45) is 0. The molecule has 0 atom stereocenters. The molecule has 0 bridgehead atoms. The van der Waals surface area contributed by atoms with Crippen LogP contribution in [0.5, 0.6) is 0 Å². The molecule has 0 aliphatic rings. The number of thiocarbonyl (C=S) groups is 1. The van der Waals surface area contributed by atoms with E-state index in [9.17, 15) is 4.79 Å². The van der Waals surface area contributed by atoms with Crippen LogP contribution in [0.3, 0.4) is 0 Å². The van der Waals surface area contributed by atoms with Gasteiger partial charge in [-0.3, -0.25) is 4.79 Å². The third-order valence-corrected chi connectivity index (χ3v) is 3.70. The fourth-order valence-electron chi connectivity index (χ4n) is 1.70. The summed E-state index contributed by atoms with van der Waals surface area (Å²) in [6.45, 7) is 1.99. The Bertz CT molecular complexity index is 668. The molecule has 0 fully saturated rings. The van der Waals surface area contributed by atoms with Gasteiger partial charge in [-0.15, -0.1) is 0 Å². The van der Waals surface area contributed by atoms with Gasteiger partial charge in [0.05, 0.1) is 5.69 Å². The quantitative estimate of drug-likeness (QED) is 0.832. The molecule has 102 valence electrons. The lowest BCUT2D eigenvalue weighted by Crippen LogP contribution is -2.13. The first-order valence-electron chi connectivity index (χ1n) is 5.95. The average Bonchev–Trinajstić information content (AvgIpc) is 2.42. The summed E-state index contributed by atoms with van der Waals surface area (Å²) < 4.78 is 0.852. The van der Waals surface area contributed by atoms with Crippen molar-refractivity contribution in [3.8, 4) is 0 Å².